The van der Waals surface area contributed by atoms with Crippen molar-refractivity contribution in [3.8, 4) is 5.75 Å². The molecule has 0 unspecified atom stereocenters. The van der Waals surface area contributed by atoms with Crippen molar-refractivity contribution in [1.82, 2.24) is 5.43 Å². The maximum atomic E-state index is 14.3. The normalized spacial score (nSPS) is 24.0. The number of nitrogens with one attached hydrogen (secondary N) is 1. The fourth-order valence-corrected chi connectivity index (χ4v) is 6.88. The van der Waals surface area contributed by atoms with Crippen LogP contribution in [0.25, 0.3) is 0 Å². The van der Waals surface area contributed by atoms with E-state index in [9.17, 15) is 14.4 Å². The molecule has 1 N–H and O–H groups in total. The minimum Gasteiger partial charge on any atom is -0.497 e. The SMILES string of the molecule is COc1ccc(C(=O)N/N=C\C23c4ccccc4C(c4ccccc42)[C@H]2C(=O)N(c4ccccc4)C(=O)[C@@H]23)cc1. The maximum absolute atomic E-state index is 14.3. The summed E-state index contributed by atoms with van der Waals surface area (Å²) in [5.41, 5.74) is 6.45. The van der Waals surface area contributed by atoms with Crippen LogP contribution in [-0.2, 0) is 15.0 Å². The van der Waals surface area contributed by atoms with Gasteiger partial charge in [0, 0.05) is 17.7 Å². The van der Waals surface area contributed by atoms with Crippen LogP contribution in [-0.4, -0.2) is 31.0 Å². The average Bonchev–Trinajstić information content (AvgIpc) is 3.28. The number of methoxy groups -OCH3 is 1. The van der Waals surface area contributed by atoms with E-state index in [-0.39, 0.29) is 17.7 Å². The molecule has 7 nitrogen and oxygen atoms in total. The van der Waals surface area contributed by atoms with Crippen molar-refractivity contribution in [3.05, 3.63) is 131 Å². The maximum Gasteiger partial charge on any atom is 0.271 e. The van der Waals surface area contributed by atoms with Crippen molar-refractivity contribution < 1.29 is 19.1 Å². The number of hydrazone groups is 1. The van der Waals surface area contributed by atoms with Gasteiger partial charge in [0.05, 0.1) is 30.0 Å². The van der Waals surface area contributed by atoms with E-state index in [1.807, 2.05) is 66.7 Å². The molecular formula is C33H25N3O4. The van der Waals surface area contributed by atoms with Crippen molar-refractivity contribution in [2.75, 3.05) is 12.0 Å². The van der Waals surface area contributed by atoms with Gasteiger partial charge >= 0.3 is 0 Å². The molecule has 196 valence electrons. The molecule has 1 saturated heterocycles. The van der Waals surface area contributed by atoms with Gasteiger partial charge in [0.25, 0.3) is 5.91 Å². The number of hydrogen-bond acceptors (Lipinski definition) is 5. The first-order chi connectivity index (χ1) is 19.6. The van der Waals surface area contributed by atoms with E-state index in [1.165, 1.54) is 4.90 Å². The Morgan fingerprint density at radius 3 is 2.05 bits per heavy atom. The summed E-state index contributed by atoms with van der Waals surface area (Å²) in [6.07, 6.45) is 1.67. The van der Waals surface area contributed by atoms with Crippen molar-refractivity contribution >= 4 is 29.6 Å². The molecule has 0 aromatic heterocycles. The van der Waals surface area contributed by atoms with Gasteiger partial charge in [-0.3, -0.25) is 14.4 Å². The molecule has 2 atom stereocenters. The van der Waals surface area contributed by atoms with Crippen molar-refractivity contribution in [2.45, 2.75) is 11.3 Å². The molecule has 4 aliphatic rings. The molecule has 40 heavy (non-hydrogen) atoms. The third-order valence-corrected chi connectivity index (χ3v) is 8.48. The first kappa shape index (κ1) is 24.0. The lowest BCUT2D eigenvalue weighted by Crippen LogP contribution is -2.54. The molecule has 1 heterocycles. The summed E-state index contributed by atoms with van der Waals surface area (Å²) in [5, 5.41) is 4.46. The smallest absolute Gasteiger partial charge is 0.271 e. The van der Waals surface area contributed by atoms with Crippen LogP contribution < -0.4 is 15.1 Å². The summed E-state index contributed by atoms with van der Waals surface area (Å²) in [4.78, 5) is 42.7. The number of para-hydroxylation sites is 1. The second-order valence-electron chi connectivity index (χ2n) is 10.3. The second kappa shape index (κ2) is 9.02. The minimum absolute atomic E-state index is 0.213. The second-order valence-corrected chi connectivity index (χ2v) is 10.3. The fraction of sp³-hybridized carbons (Fsp3) is 0.152. The largest absolute Gasteiger partial charge is 0.497 e. The Bertz CT molecular complexity index is 1650. The number of nitrogens with zero attached hydrogens (tertiary/aromatic N) is 2. The highest BCUT2D eigenvalue weighted by Gasteiger charge is 2.68. The highest BCUT2D eigenvalue weighted by Crippen LogP contribution is 2.63. The molecule has 2 bridgehead atoms. The van der Waals surface area contributed by atoms with Crippen LogP contribution in [0.3, 0.4) is 0 Å². The zero-order valence-electron chi connectivity index (χ0n) is 21.7. The number of benzene rings is 4. The molecule has 0 saturated carbocycles. The summed E-state index contributed by atoms with van der Waals surface area (Å²) in [6.45, 7) is 0. The van der Waals surface area contributed by atoms with Gasteiger partial charge in [-0.15, -0.1) is 0 Å². The Kier molecular flexibility index (Phi) is 5.42. The van der Waals surface area contributed by atoms with Gasteiger partial charge in [-0.05, 0) is 58.7 Å². The number of rotatable bonds is 5. The van der Waals surface area contributed by atoms with E-state index in [2.05, 4.69) is 10.5 Å². The molecule has 8 rings (SSSR count). The molecule has 3 aliphatic carbocycles. The van der Waals surface area contributed by atoms with Gasteiger partial charge in [-0.2, -0.15) is 5.10 Å². The Labute approximate surface area is 231 Å². The van der Waals surface area contributed by atoms with Crippen LogP contribution in [0.1, 0.15) is 38.5 Å². The third kappa shape index (κ3) is 3.24. The first-order valence-electron chi connectivity index (χ1n) is 13.2. The topological polar surface area (TPSA) is 88.1 Å². The molecule has 0 radical (unpaired) electrons. The Morgan fingerprint density at radius 1 is 0.825 bits per heavy atom. The van der Waals surface area contributed by atoms with Gasteiger partial charge in [-0.25, -0.2) is 10.3 Å². The van der Waals surface area contributed by atoms with E-state index < -0.39 is 23.2 Å². The van der Waals surface area contributed by atoms with E-state index in [1.54, 1.807) is 49.7 Å². The minimum atomic E-state index is -1.05. The van der Waals surface area contributed by atoms with Gasteiger partial charge in [0.1, 0.15) is 5.75 Å². The molecule has 4 aromatic carbocycles. The number of carbonyl (C=O) groups excluding carboxylic acids is 3. The summed E-state index contributed by atoms with van der Waals surface area (Å²) in [5.74, 6) is -1.79. The van der Waals surface area contributed by atoms with Crippen LogP contribution in [0, 0.1) is 11.8 Å². The average molecular weight is 528 g/mol. The number of anilines is 1. The van der Waals surface area contributed by atoms with Crippen LogP contribution in [0.15, 0.2) is 108 Å². The quantitative estimate of drug-likeness (QED) is 0.232. The van der Waals surface area contributed by atoms with E-state index in [0.29, 0.717) is 17.0 Å². The zero-order valence-corrected chi connectivity index (χ0v) is 21.7. The predicted molar refractivity (Wildman–Crippen MR) is 150 cm³/mol. The van der Waals surface area contributed by atoms with Gasteiger partial charge in [0.2, 0.25) is 11.8 Å². The summed E-state index contributed by atoms with van der Waals surface area (Å²) in [6, 6.07) is 31.7. The lowest BCUT2D eigenvalue weighted by Gasteiger charge is -2.52. The standard InChI is InChI=1S/C33H25N3O4/c1-40-22-17-15-20(16-18-22)30(37)35-34-19-33-25-13-7-5-11-23(25)27(24-12-6-8-14-26(24)33)28-29(33)32(39)36(31(28)38)21-9-3-2-4-10-21/h2-19,27-29H,1H3,(H,35,37)/b34-19-/t27?,28-,29-,33?/m1/s1. The fourth-order valence-electron chi connectivity index (χ4n) is 6.88. The van der Waals surface area contributed by atoms with Crippen LogP contribution in [0.5, 0.6) is 5.75 Å². The molecule has 1 aliphatic heterocycles. The van der Waals surface area contributed by atoms with Crippen molar-refractivity contribution in [3.63, 3.8) is 0 Å². The Balaban J connectivity index is 1.37. The summed E-state index contributed by atoms with van der Waals surface area (Å²) in [7, 11) is 1.56. The lowest BCUT2D eigenvalue weighted by atomic mass is 9.47. The van der Waals surface area contributed by atoms with Crippen molar-refractivity contribution in [2.24, 2.45) is 16.9 Å². The van der Waals surface area contributed by atoms with Crippen LogP contribution in [0.4, 0.5) is 5.69 Å². The molecule has 3 amide bonds. The Morgan fingerprint density at radius 2 is 1.43 bits per heavy atom. The van der Waals surface area contributed by atoms with Gasteiger partial charge in [0.15, 0.2) is 0 Å². The monoisotopic (exact) mass is 527 g/mol. The predicted octanol–water partition coefficient (Wildman–Crippen LogP) is 4.66. The zero-order chi connectivity index (χ0) is 27.4. The van der Waals surface area contributed by atoms with Crippen LogP contribution >= 0.6 is 0 Å². The number of amides is 3. The highest BCUT2D eigenvalue weighted by molar-refractivity contribution is 6.25. The number of hydrogen-bond donors (Lipinski definition) is 1. The molecule has 0 spiro atoms. The van der Waals surface area contributed by atoms with E-state index >= 15 is 0 Å². The van der Waals surface area contributed by atoms with Gasteiger partial charge < -0.3 is 4.74 Å². The van der Waals surface area contributed by atoms with Crippen molar-refractivity contribution in [1.29, 1.82) is 0 Å². The van der Waals surface area contributed by atoms with E-state index in [0.717, 1.165) is 22.3 Å². The molecule has 7 heteroatoms. The number of ether oxygens (including phenoxy) is 1. The number of carbonyl (C=O) groups is 3. The number of imide groups is 1. The Hall–Kier alpha value is -5.04. The van der Waals surface area contributed by atoms with Gasteiger partial charge in [-0.1, -0.05) is 66.7 Å². The lowest BCUT2D eigenvalue weighted by molar-refractivity contribution is -0.122. The molecular weight excluding hydrogens is 502 g/mol. The molecule has 4 aromatic rings. The van der Waals surface area contributed by atoms with E-state index in [4.69, 9.17) is 4.74 Å². The summed E-state index contributed by atoms with van der Waals surface area (Å²) >= 11 is 0. The third-order valence-electron chi connectivity index (χ3n) is 8.48. The van der Waals surface area contributed by atoms with Crippen LogP contribution in [0.2, 0.25) is 0 Å². The summed E-state index contributed by atoms with van der Waals surface area (Å²) < 4.78 is 5.18. The first-order valence-corrected chi connectivity index (χ1v) is 13.2. The molecule has 1 fully saturated rings. The highest BCUT2D eigenvalue weighted by atomic mass is 16.5.